The monoisotopic (exact) mass is 428 g/mol. The van der Waals surface area contributed by atoms with E-state index in [9.17, 15) is 4.79 Å². The van der Waals surface area contributed by atoms with Crippen LogP contribution in [-0.2, 0) is 0 Å². The molecule has 0 unspecified atom stereocenters. The molecule has 3 rings (SSSR count). The first-order chi connectivity index (χ1) is 14.9. The highest BCUT2D eigenvalue weighted by Crippen LogP contribution is 2.27. The highest BCUT2D eigenvalue weighted by Gasteiger charge is 2.30. The molecule has 2 aromatic rings. The van der Waals surface area contributed by atoms with E-state index in [1.807, 2.05) is 14.1 Å². The van der Waals surface area contributed by atoms with E-state index >= 15 is 0 Å². The molecule has 0 aromatic heterocycles. The fourth-order valence-electron chi connectivity index (χ4n) is 4.12. The van der Waals surface area contributed by atoms with Gasteiger partial charge in [-0.1, -0.05) is 12.1 Å². The van der Waals surface area contributed by atoms with Gasteiger partial charge in [0, 0.05) is 30.9 Å². The first-order valence-electron chi connectivity index (χ1n) is 10.9. The van der Waals surface area contributed by atoms with Gasteiger partial charge in [0.15, 0.2) is 11.5 Å². The molecule has 1 amide bonds. The normalized spacial score (nSPS) is 19.4. The van der Waals surface area contributed by atoms with Crippen LogP contribution < -0.4 is 29.5 Å². The molecule has 0 spiro atoms. The number of quaternary nitrogens is 2. The second-order valence-electron chi connectivity index (χ2n) is 8.43. The minimum absolute atomic E-state index is 0.102. The molecular formula is C24H36N4O3+2. The van der Waals surface area contributed by atoms with Crippen LogP contribution in [-0.4, -0.2) is 74.0 Å². The maximum Gasteiger partial charge on any atom is 0.251 e. The van der Waals surface area contributed by atoms with Gasteiger partial charge in [0.1, 0.15) is 32.2 Å². The molecule has 1 heterocycles. The summed E-state index contributed by atoms with van der Waals surface area (Å²) in [6.07, 6.45) is 0. The molecule has 31 heavy (non-hydrogen) atoms. The number of rotatable bonds is 8. The fourth-order valence-corrected chi connectivity index (χ4v) is 4.12. The molecule has 168 valence electrons. The summed E-state index contributed by atoms with van der Waals surface area (Å²) in [7, 11) is 9.50. The maximum absolute atomic E-state index is 12.9. The van der Waals surface area contributed by atoms with Crippen LogP contribution in [0.2, 0.25) is 0 Å². The van der Waals surface area contributed by atoms with Gasteiger partial charge in [0.25, 0.3) is 5.91 Å². The Bertz CT molecular complexity index is 862. The van der Waals surface area contributed by atoms with Crippen LogP contribution in [0.25, 0.3) is 0 Å². The highest BCUT2D eigenvalue weighted by molar-refractivity contribution is 5.94. The third-order valence-corrected chi connectivity index (χ3v) is 6.16. The lowest BCUT2D eigenvalue weighted by molar-refractivity contribution is -1.02. The summed E-state index contributed by atoms with van der Waals surface area (Å²) in [5.74, 6) is 1.07. The van der Waals surface area contributed by atoms with Gasteiger partial charge in [-0.05, 0) is 30.3 Å². The average Bonchev–Trinajstić information content (AvgIpc) is 2.80. The minimum Gasteiger partial charge on any atom is -0.493 e. The van der Waals surface area contributed by atoms with E-state index in [0.717, 1.165) is 26.2 Å². The topological polar surface area (TPSA) is 59.7 Å². The number of ether oxygens (including phenoxy) is 2. The number of piperazine rings is 1. The van der Waals surface area contributed by atoms with Crippen molar-refractivity contribution in [2.24, 2.45) is 0 Å². The molecule has 1 aliphatic rings. The van der Waals surface area contributed by atoms with Crippen LogP contribution in [0.4, 0.5) is 5.69 Å². The van der Waals surface area contributed by atoms with Crippen molar-refractivity contribution in [1.82, 2.24) is 5.32 Å². The van der Waals surface area contributed by atoms with Crippen molar-refractivity contribution in [2.45, 2.75) is 6.04 Å². The minimum atomic E-state index is -0.102. The molecule has 3 N–H and O–H groups in total. The number of nitrogens with one attached hydrogen (secondary N) is 3. The molecule has 7 heteroatoms. The third-order valence-electron chi connectivity index (χ3n) is 6.16. The van der Waals surface area contributed by atoms with Crippen molar-refractivity contribution in [2.75, 3.05) is 73.0 Å². The molecule has 1 aliphatic heterocycles. The summed E-state index contributed by atoms with van der Waals surface area (Å²) in [6, 6.07) is 14.2. The molecule has 0 aliphatic carbocycles. The predicted molar refractivity (Wildman–Crippen MR) is 123 cm³/mol. The smallest absolute Gasteiger partial charge is 0.251 e. The van der Waals surface area contributed by atoms with Crippen LogP contribution in [0, 0.1) is 0 Å². The molecule has 1 fully saturated rings. The van der Waals surface area contributed by atoms with Gasteiger partial charge in [0.2, 0.25) is 0 Å². The number of anilines is 1. The SMILES string of the molecule is COc1ccc(C(=O)NC[C@H](c2ccc(N(C)C)cc2)[NH+]2CC[NH+](C)CC2)cc1OC. The number of amides is 1. The number of likely N-dealkylation sites (N-methyl/N-ethyl adjacent to an activating group) is 1. The van der Waals surface area contributed by atoms with E-state index < -0.39 is 0 Å². The second kappa shape index (κ2) is 10.5. The Morgan fingerprint density at radius 1 is 1.00 bits per heavy atom. The van der Waals surface area contributed by atoms with Gasteiger partial charge >= 0.3 is 0 Å². The van der Waals surface area contributed by atoms with Crippen molar-refractivity contribution < 1.29 is 24.1 Å². The number of nitrogens with zero attached hydrogens (tertiary/aromatic N) is 1. The second-order valence-corrected chi connectivity index (χ2v) is 8.43. The van der Waals surface area contributed by atoms with Crippen molar-refractivity contribution in [3.63, 3.8) is 0 Å². The zero-order valence-electron chi connectivity index (χ0n) is 19.3. The Balaban J connectivity index is 1.76. The molecule has 7 nitrogen and oxygen atoms in total. The van der Waals surface area contributed by atoms with E-state index in [1.54, 1.807) is 37.3 Å². The Labute approximate surface area is 185 Å². The summed E-state index contributed by atoms with van der Waals surface area (Å²) in [5.41, 5.74) is 3.00. The Morgan fingerprint density at radius 3 is 2.23 bits per heavy atom. The molecule has 0 radical (unpaired) electrons. The predicted octanol–water partition coefficient (Wildman–Crippen LogP) is -0.346. The number of hydrogen-bond acceptors (Lipinski definition) is 4. The summed E-state index contributed by atoms with van der Waals surface area (Å²) < 4.78 is 10.6. The van der Waals surface area contributed by atoms with Crippen LogP contribution in [0.5, 0.6) is 11.5 Å². The standard InChI is InChI=1S/C24H34N4O3/c1-26(2)20-9-6-18(7-10-20)21(28-14-12-27(3)13-15-28)17-25-24(29)19-8-11-22(30-4)23(16-19)31-5/h6-11,16,21H,12-15,17H2,1-5H3,(H,25,29)/p+2/t21-/m1/s1. The van der Waals surface area contributed by atoms with E-state index in [-0.39, 0.29) is 11.9 Å². The Hall–Kier alpha value is -2.77. The third kappa shape index (κ3) is 5.68. The van der Waals surface area contributed by atoms with Crippen LogP contribution in [0.3, 0.4) is 0 Å². The maximum atomic E-state index is 12.9. The highest BCUT2D eigenvalue weighted by atomic mass is 16.5. The van der Waals surface area contributed by atoms with E-state index in [1.165, 1.54) is 16.2 Å². The molecule has 1 saturated heterocycles. The fraction of sp³-hybridized carbons (Fsp3) is 0.458. The van der Waals surface area contributed by atoms with Gasteiger partial charge < -0.3 is 29.5 Å². The largest absolute Gasteiger partial charge is 0.493 e. The molecular weight excluding hydrogens is 392 g/mol. The first kappa shape index (κ1) is 22.9. The molecule has 0 saturated carbocycles. The van der Waals surface area contributed by atoms with Gasteiger partial charge in [-0.25, -0.2) is 0 Å². The van der Waals surface area contributed by atoms with Gasteiger partial charge in [0.05, 0.1) is 27.8 Å². The number of benzene rings is 2. The Morgan fingerprint density at radius 2 is 1.65 bits per heavy atom. The van der Waals surface area contributed by atoms with Crippen molar-refractivity contribution in [1.29, 1.82) is 0 Å². The van der Waals surface area contributed by atoms with Crippen molar-refractivity contribution >= 4 is 11.6 Å². The van der Waals surface area contributed by atoms with Crippen molar-refractivity contribution in [3.05, 3.63) is 53.6 Å². The number of carbonyl (C=O) groups excluding carboxylic acids is 1. The van der Waals surface area contributed by atoms with E-state index in [0.29, 0.717) is 23.6 Å². The lowest BCUT2D eigenvalue weighted by Gasteiger charge is -2.33. The number of hydrogen-bond donors (Lipinski definition) is 3. The van der Waals surface area contributed by atoms with Crippen LogP contribution in [0.15, 0.2) is 42.5 Å². The summed E-state index contributed by atoms with van der Waals surface area (Å²) in [6.45, 7) is 5.07. The van der Waals surface area contributed by atoms with Crippen LogP contribution in [0.1, 0.15) is 22.0 Å². The number of carbonyl (C=O) groups is 1. The molecule has 0 bridgehead atoms. The zero-order valence-corrected chi connectivity index (χ0v) is 19.3. The van der Waals surface area contributed by atoms with Gasteiger partial charge in [-0.15, -0.1) is 0 Å². The van der Waals surface area contributed by atoms with Crippen LogP contribution >= 0.6 is 0 Å². The van der Waals surface area contributed by atoms with Gasteiger partial charge in [-0.3, -0.25) is 4.79 Å². The Kier molecular flexibility index (Phi) is 7.76. The molecule has 2 aromatic carbocycles. The van der Waals surface area contributed by atoms with Gasteiger partial charge in [-0.2, -0.15) is 0 Å². The summed E-state index contributed by atoms with van der Waals surface area (Å²) in [4.78, 5) is 18.1. The summed E-state index contributed by atoms with van der Waals surface area (Å²) >= 11 is 0. The quantitative estimate of drug-likeness (QED) is 0.538. The summed E-state index contributed by atoms with van der Waals surface area (Å²) in [5, 5.41) is 3.16. The molecule has 1 atom stereocenters. The lowest BCUT2D eigenvalue weighted by Crippen LogP contribution is -3.27. The van der Waals surface area contributed by atoms with E-state index in [2.05, 4.69) is 41.5 Å². The number of methoxy groups -OCH3 is 2. The average molecular weight is 429 g/mol. The zero-order chi connectivity index (χ0) is 22.4. The first-order valence-corrected chi connectivity index (χ1v) is 10.9. The lowest BCUT2D eigenvalue weighted by atomic mass is 10.0. The van der Waals surface area contributed by atoms with E-state index in [4.69, 9.17) is 9.47 Å². The van der Waals surface area contributed by atoms with Crippen molar-refractivity contribution in [3.8, 4) is 11.5 Å².